The standard InChI is InChI=1S/C10H8Cl2N4S/c11-7-1-2-9(8(12)3-7)15-10(17)4-16-5-13-14-6-16/h1-3,5-6H,4H2,(H,15,17). The molecule has 1 heterocycles. The molecule has 0 spiro atoms. The Kier molecular flexibility index (Phi) is 3.93. The zero-order valence-corrected chi connectivity index (χ0v) is 10.9. The number of anilines is 1. The quantitative estimate of drug-likeness (QED) is 0.881. The number of aromatic nitrogens is 3. The predicted octanol–water partition coefficient (Wildman–Crippen LogP) is 3.02. The van der Waals surface area contributed by atoms with Gasteiger partial charge in [0.1, 0.15) is 12.7 Å². The van der Waals surface area contributed by atoms with Crippen LogP contribution in [0.1, 0.15) is 0 Å². The fraction of sp³-hybridized carbons (Fsp3) is 0.100. The maximum atomic E-state index is 6.02. The minimum Gasteiger partial charge on any atom is -0.347 e. The number of benzene rings is 1. The van der Waals surface area contributed by atoms with E-state index in [9.17, 15) is 0 Å². The van der Waals surface area contributed by atoms with Gasteiger partial charge >= 0.3 is 0 Å². The molecule has 0 unspecified atom stereocenters. The zero-order chi connectivity index (χ0) is 12.3. The van der Waals surface area contributed by atoms with Crippen LogP contribution in [0.15, 0.2) is 30.9 Å². The second-order valence-electron chi connectivity index (χ2n) is 3.31. The van der Waals surface area contributed by atoms with Gasteiger partial charge in [0.2, 0.25) is 0 Å². The number of hydrogen-bond donors (Lipinski definition) is 1. The minimum absolute atomic E-state index is 0.501. The summed E-state index contributed by atoms with van der Waals surface area (Å²) in [5, 5.41) is 11.5. The largest absolute Gasteiger partial charge is 0.347 e. The van der Waals surface area contributed by atoms with Gasteiger partial charge in [-0.1, -0.05) is 35.4 Å². The molecule has 4 nitrogen and oxygen atoms in total. The Morgan fingerprint density at radius 3 is 2.65 bits per heavy atom. The molecule has 7 heteroatoms. The molecule has 0 amide bonds. The maximum absolute atomic E-state index is 6.02. The van der Waals surface area contributed by atoms with Gasteiger partial charge in [-0.3, -0.25) is 0 Å². The van der Waals surface area contributed by atoms with Gasteiger partial charge in [-0.2, -0.15) is 0 Å². The van der Waals surface area contributed by atoms with E-state index in [4.69, 9.17) is 35.4 Å². The van der Waals surface area contributed by atoms with Gasteiger partial charge in [0, 0.05) is 5.02 Å². The number of halogens is 2. The molecule has 0 aliphatic rings. The molecule has 2 aromatic rings. The van der Waals surface area contributed by atoms with Crippen LogP contribution in [0.25, 0.3) is 0 Å². The van der Waals surface area contributed by atoms with Crippen molar-refractivity contribution in [1.82, 2.24) is 14.8 Å². The van der Waals surface area contributed by atoms with Crippen molar-refractivity contribution in [1.29, 1.82) is 0 Å². The summed E-state index contributed by atoms with van der Waals surface area (Å²) in [5.41, 5.74) is 0.731. The lowest BCUT2D eigenvalue weighted by Gasteiger charge is -2.09. The van der Waals surface area contributed by atoms with E-state index in [0.29, 0.717) is 21.6 Å². The Bertz CT molecular complexity index is 527. The van der Waals surface area contributed by atoms with E-state index in [0.717, 1.165) is 5.69 Å². The van der Waals surface area contributed by atoms with Crippen molar-refractivity contribution in [2.24, 2.45) is 0 Å². The lowest BCUT2D eigenvalue weighted by Crippen LogP contribution is -2.16. The van der Waals surface area contributed by atoms with Crippen LogP contribution in [0.3, 0.4) is 0 Å². The van der Waals surface area contributed by atoms with Crippen LogP contribution < -0.4 is 5.32 Å². The molecule has 0 bridgehead atoms. The van der Waals surface area contributed by atoms with Crippen molar-refractivity contribution in [3.05, 3.63) is 40.9 Å². The summed E-state index contributed by atoms with van der Waals surface area (Å²) in [5.74, 6) is 0. The van der Waals surface area contributed by atoms with Crippen molar-refractivity contribution in [3.63, 3.8) is 0 Å². The van der Waals surface area contributed by atoms with E-state index in [1.807, 2.05) is 0 Å². The average molecular weight is 287 g/mol. The van der Waals surface area contributed by atoms with Crippen molar-refractivity contribution in [3.8, 4) is 0 Å². The van der Waals surface area contributed by atoms with Crippen LogP contribution in [0.5, 0.6) is 0 Å². The number of nitrogens with one attached hydrogen (secondary N) is 1. The monoisotopic (exact) mass is 286 g/mol. The van der Waals surface area contributed by atoms with Crippen LogP contribution >= 0.6 is 35.4 Å². The Morgan fingerprint density at radius 2 is 2.00 bits per heavy atom. The van der Waals surface area contributed by atoms with Crippen LogP contribution in [0, 0.1) is 0 Å². The Hall–Kier alpha value is -1.17. The smallest absolute Gasteiger partial charge is 0.119 e. The topological polar surface area (TPSA) is 42.7 Å². The van der Waals surface area contributed by atoms with Crippen molar-refractivity contribution in [2.75, 3.05) is 5.32 Å². The molecule has 0 saturated heterocycles. The van der Waals surface area contributed by atoms with Crippen LogP contribution in [0.4, 0.5) is 5.69 Å². The molecule has 17 heavy (non-hydrogen) atoms. The predicted molar refractivity (Wildman–Crippen MR) is 72.7 cm³/mol. The Morgan fingerprint density at radius 1 is 1.29 bits per heavy atom. The Labute approximate surface area is 114 Å². The van der Waals surface area contributed by atoms with E-state index in [1.54, 1.807) is 35.4 Å². The number of hydrogen-bond acceptors (Lipinski definition) is 3. The molecule has 0 aliphatic heterocycles. The third-order valence-electron chi connectivity index (χ3n) is 2.00. The molecule has 1 aromatic carbocycles. The van der Waals surface area contributed by atoms with E-state index in [-0.39, 0.29) is 0 Å². The van der Waals surface area contributed by atoms with Gasteiger partial charge in [0.05, 0.1) is 22.2 Å². The summed E-state index contributed by atoms with van der Waals surface area (Å²) in [4.78, 5) is 0.619. The third-order valence-corrected chi connectivity index (χ3v) is 2.78. The van der Waals surface area contributed by atoms with Crippen LogP contribution in [-0.2, 0) is 6.54 Å². The number of rotatable bonds is 3. The summed E-state index contributed by atoms with van der Waals surface area (Å²) in [6, 6.07) is 5.19. The highest BCUT2D eigenvalue weighted by atomic mass is 35.5. The second-order valence-corrected chi connectivity index (χ2v) is 4.64. The lowest BCUT2D eigenvalue weighted by atomic mass is 10.3. The van der Waals surface area contributed by atoms with Crippen LogP contribution in [-0.4, -0.2) is 19.8 Å². The second kappa shape index (κ2) is 5.44. The van der Waals surface area contributed by atoms with E-state index < -0.39 is 0 Å². The molecule has 1 aromatic heterocycles. The van der Waals surface area contributed by atoms with Crippen molar-refractivity contribution >= 4 is 46.1 Å². The summed E-state index contributed by atoms with van der Waals surface area (Å²) in [6.45, 7) is 0.501. The molecular weight excluding hydrogens is 279 g/mol. The molecule has 2 rings (SSSR count). The molecule has 0 radical (unpaired) electrons. The fourth-order valence-electron chi connectivity index (χ4n) is 1.25. The van der Waals surface area contributed by atoms with Crippen molar-refractivity contribution < 1.29 is 0 Å². The summed E-state index contributed by atoms with van der Waals surface area (Å²) >= 11 is 17.0. The fourth-order valence-corrected chi connectivity index (χ4v) is 1.96. The summed E-state index contributed by atoms with van der Waals surface area (Å²) in [6.07, 6.45) is 3.19. The van der Waals surface area contributed by atoms with E-state index >= 15 is 0 Å². The maximum Gasteiger partial charge on any atom is 0.119 e. The van der Waals surface area contributed by atoms with E-state index in [2.05, 4.69) is 15.5 Å². The van der Waals surface area contributed by atoms with Gasteiger partial charge in [0.25, 0.3) is 0 Å². The SMILES string of the molecule is S=C(Cn1cnnc1)Nc1ccc(Cl)cc1Cl. The normalized spacial score (nSPS) is 10.2. The summed E-state index contributed by atoms with van der Waals surface area (Å²) in [7, 11) is 0. The molecule has 88 valence electrons. The zero-order valence-electron chi connectivity index (χ0n) is 8.60. The van der Waals surface area contributed by atoms with Crippen molar-refractivity contribution in [2.45, 2.75) is 6.54 Å². The molecule has 1 N–H and O–H groups in total. The van der Waals surface area contributed by atoms with Gasteiger partial charge in [0.15, 0.2) is 0 Å². The van der Waals surface area contributed by atoms with Gasteiger partial charge < -0.3 is 9.88 Å². The molecular formula is C10H8Cl2N4S. The first-order valence-corrected chi connectivity index (χ1v) is 5.89. The lowest BCUT2D eigenvalue weighted by molar-refractivity contribution is 0.853. The first-order valence-electron chi connectivity index (χ1n) is 4.72. The molecule has 0 aliphatic carbocycles. The average Bonchev–Trinajstić information content (AvgIpc) is 2.75. The molecule has 0 atom stereocenters. The highest BCUT2D eigenvalue weighted by molar-refractivity contribution is 7.80. The highest BCUT2D eigenvalue weighted by Gasteiger charge is 2.04. The van der Waals surface area contributed by atoms with Crippen LogP contribution in [0.2, 0.25) is 10.0 Å². The summed E-state index contributed by atoms with van der Waals surface area (Å²) < 4.78 is 1.76. The first-order chi connectivity index (χ1) is 8.15. The highest BCUT2D eigenvalue weighted by Crippen LogP contribution is 2.25. The molecule has 0 saturated carbocycles. The molecule has 0 fully saturated rings. The first kappa shape index (κ1) is 12.3. The van der Waals surface area contributed by atoms with E-state index in [1.165, 1.54) is 0 Å². The number of nitrogens with zero attached hydrogens (tertiary/aromatic N) is 3. The van der Waals surface area contributed by atoms with Gasteiger partial charge in [-0.25, -0.2) is 0 Å². The number of thiocarbonyl (C=S) groups is 1. The Balaban J connectivity index is 2.03. The minimum atomic E-state index is 0.501. The third kappa shape index (κ3) is 3.39. The van der Waals surface area contributed by atoms with Gasteiger partial charge in [-0.15, -0.1) is 10.2 Å². The van der Waals surface area contributed by atoms with Gasteiger partial charge in [-0.05, 0) is 18.2 Å².